The third kappa shape index (κ3) is 4.57. The summed E-state index contributed by atoms with van der Waals surface area (Å²) in [5, 5.41) is 9.23. The van der Waals surface area contributed by atoms with Crippen LogP contribution in [0.1, 0.15) is 52.9 Å². The van der Waals surface area contributed by atoms with E-state index < -0.39 is 0 Å². The zero-order chi connectivity index (χ0) is 12.9. The van der Waals surface area contributed by atoms with Crippen molar-refractivity contribution in [3.8, 4) is 0 Å². The molecule has 1 aliphatic rings. The standard InChI is InChI=1S/C14H30N2O/c1-12(15)14(2,3)11-16(9-10-17)13-7-5-4-6-8-13/h12-13,17H,4-11,15H2,1-3H3. The van der Waals surface area contributed by atoms with E-state index in [1.54, 1.807) is 0 Å². The molecule has 0 heterocycles. The Labute approximate surface area is 106 Å². The Bertz CT molecular complexity index is 210. The lowest BCUT2D eigenvalue weighted by Crippen LogP contribution is -2.49. The highest BCUT2D eigenvalue weighted by Gasteiger charge is 2.29. The van der Waals surface area contributed by atoms with Crippen molar-refractivity contribution in [1.82, 2.24) is 4.90 Å². The van der Waals surface area contributed by atoms with E-state index in [1.165, 1.54) is 32.1 Å². The smallest absolute Gasteiger partial charge is 0.0558 e. The molecule has 1 fully saturated rings. The van der Waals surface area contributed by atoms with Gasteiger partial charge in [-0.2, -0.15) is 0 Å². The lowest BCUT2D eigenvalue weighted by Gasteiger charge is -2.40. The van der Waals surface area contributed by atoms with Gasteiger partial charge in [-0.05, 0) is 25.2 Å². The van der Waals surface area contributed by atoms with Crippen LogP contribution in [-0.2, 0) is 0 Å². The van der Waals surface area contributed by atoms with Crippen molar-refractivity contribution in [2.24, 2.45) is 11.1 Å². The van der Waals surface area contributed by atoms with E-state index in [4.69, 9.17) is 5.73 Å². The van der Waals surface area contributed by atoms with Crippen LogP contribution in [0, 0.1) is 5.41 Å². The number of aliphatic hydroxyl groups excluding tert-OH is 1. The van der Waals surface area contributed by atoms with Gasteiger partial charge in [0.05, 0.1) is 6.61 Å². The molecule has 1 aliphatic carbocycles. The summed E-state index contributed by atoms with van der Waals surface area (Å²) in [6.07, 6.45) is 6.63. The fourth-order valence-electron chi connectivity index (χ4n) is 2.63. The fourth-order valence-corrected chi connectivity index (χ4v) is 2.63. The van der Waals surface area contributed by atoms with E-state index in [0.29, 0.717) is 6.04 Å². The van der Waals surface area contributed by atoms with Gasteiger partial charge in [-0.3, -0.25) is 4.90 Å². The SMILES string of the molecule is CC(N)C(C)(C)CN(CCO)C1CCCCC1. The number of rotatable bonds is 6. The maximum absolute atomic E-state index is 9.23. The average molecular weight is 242 g/mol. The van der Waals surface area contributed by atoms with Crippen molar-refractivity contribution in [1.29, 1.82) is 0 Å². The van der Waals surface area contributed by atoms with Gasteiger partial charge in [0, 0.05) is 25.2 Å². The van der Waals surface area contributed by atoms with E-state index in [-0.39, 0.29) is 18.1 Å². The van der Waals surface area contributed by atoms with E-state index in [2.05, 4.69) is 25.7 Å². The molecule has 0 spiro atoms. The minimum Gasteiger partial charge on any atom is -0.395 e. The quantitative estimate of drug-likeness (QED) is 0.749. The Morgan fingerprint density at radius 1 is 1.29 bits per heavy atom. The van der Waals surface area contributed by atoms with Gasteiger partial charge in [0.2, 0.25) is 0 Å². The minimum absolute atomic E-state index is 0.118. The highest BCUT2D eigenvalue weighted by molar-refractivity contribution is 4.85. The molecular weight excluding hydrogens is 212 g/mol. The largest absolute Gasteiger partial charge is 0.395 e. The van der Waals surface area contributed by atoms with Crippen molar-refractivity contribution in [2.45, 2.75) is 65.0 Å². The van der Waals surface area contributed by atoms with Crippen molar-refractivity contribution < 1.29 is 5.11 Å². The molecule has 1 saturated carbocycles. The lowest BCUT2D eigenvalue weighted by atomic mass is 9.84. The number of nitrogens with zero attached hydrogens (tertiary/aromatic N) is 1. The second-order valence-corrected chi connectivity index (χ2v) is 6.26. The monoisotopic (exact) mass is 242 g/mol. The maximum atomic E-state index is 9.23. The zero-order valence-electron chi connectivity index (χ0n) is 11.8. The number of hydrogen-bond acceptors (Lipinski definition) is 3. The van der Waals surface area contributed by atoms with Gasteiger partial charge in [0.1, 0.15) is 0 Å². The molecule has 1 rings (SSSR count). The third-order valence-corrected chi connectivity index (χ3v) is 4.32. The van der Waals surface area contributed by atoms with Gasteiger partial charge in [0.15, 0.2) is 0 Å². The molecule has 3 heteroatoms. The van der Waals surface area contributed by atoms with Crippen LogP contribution in [0.25, 0.3) is 0 Å². The molecule has 1 unspecified atom stereocenters. The highest BCUT2D eigenvalue weighted by Crippen LogP contribution is 2.27. The van der Waals surface area contributed by atoms with Crippen LogP contribution in [0.3, 0.4) is 0 Å². The Morgan fingerprint density at radius 3 is 2.35 bits per heavy atom. The zero-order valence-corrected chi connectivity index (χ0v) is 11.8. The molecule has 17 heavy (non-hydrogen) atoms. The molecule has 0 aliphatic heterocycles. The second kappa shape index (κ2) is 6.72. The van der Waals surface area contributed by atoms with Crippen LogP contribution in [0.5, 0.6) is 0 Å². The predicted octanol–water partition coefficient (Wildman–Crippen LogP) is 1.99. The predicted molar refractivity (Wildman–Crippen MR) is 73.0 cm³/mol. The van der Waals surface area contributed by atoms with E-state index in [0.717, 1.165) is 13.1 Å². The third-order valence-electron chi connectivity index (χ3n) is 4.32. The highest BCUT2D eigenvalue weighted by atomic mass is 16.3. The Morgan fingerprint density at radius 2 is 1.88 bits per heavy atom. The fraction of sp³-hybridized carbons (Fsp3) is 1.00. The van der Waals surface area contributed by atoms with Gasteiger partial charge in [-0.1, -0.05) is 33.1 Å². The molecule has 0 saturated heterocycles. The summed E-state index contributed by atoms with van der Waals surface area (Å²) in [7, 11) is 0. The molecule has 0 amide bonds. The summed E-state index contributed by atoms with van der Waals surface area (Å²) in [5.41, 5.74) is 6.17. The van der Waals surface area contributed by atoms with Gasteiger partial charge in [-0.15, -0.1) is 0 Å². The summed E-state index contributed by atoms with van der Waals surface area (Å²) in [4.78, 5) is 2.46. The molecule has 0 radical (unpaired) electrons. The second-order valence-electron chi connectivity index (χ2n) is 6.26. The van der Waals surface area contributed by atoms with Crippen LogP contribution in [0.2, 0.25) is 0 Å². The van der Waals surface area contributed by atoms with Crippen LogP contribution >= 0.6 is 0 Å². The summed E-state index contributed by atoms with van der Waals surface area (Å²) in [6, 6.07) is 0.848. The first kappa shape index (κ1) is 14.9. The molecule has 0 aromatic carbocycles. The molecule has 0 aromatic rings. The average Bonchev–Trinajstić information content (AvgIpc) is 2.29. The number of hydrogen-bond donors (Lipinski definition) is 2. The minimum atomic E-state index is 0.118. The Hall–Kier alpha value is -0.120. The summed E-state index contributed by atoms with van der Waals surface area (Å²) in [5.74, 6) is 0. The lowest BCUT2D eigenvalue weighted by molar-refractivity contribution is 0.0749. The topological polar surface area (TPSA) is 49.5 Å². The summed E-state index contributed by atoms with van der Waals surface area (Å²) >= 11 is 0. The van der Waals surface area contributed by atoms with Gasteiger partial charge in [-0.25, -0.2) is 0 Å². The van der Waals surface area contributed by atoms with E-state index >= 15 is 0 Å². The maximum Gasteiger partial charge on any atom is 0.0558 e. The molecule has 102 valence electrons. The molecule has 1 atom stereocenters. The van der Waals surface area contributed by atoms with E-state index in [1.807, 2.05) is 0 Å². The summed E-state index contributed by atoms with van der Waals surface area (Å²) < 4.78 is 0. The van der Waals surface area contributed by atoms with Crippen molar-refractivity contribution >= 4 is 0 Å². The van der Waals surface area contributed by atoms with Gasteiger partial charge < -0.3 is 10.8 Å². The van der Waals surface area contributed by atoms with Crippen LogP contribution in [-0.4, -0.2) is 41.8 Å². The number of nitrogens with two attached hydrogens (primary N) is 1. The van der Waals surface area contributed by atoms with Gasteiger partial charge >= 0.3 is 0 Å². The first-order valence-corrected chi connectivity index (χ1v) is 7.08. The van der Waals surface area contributed by atoms with Gasteiger partial charge in [0.25, 0.3) is 0 Å². The Balaban J connectivity index is 2.58. The molecule has 0 bridgehead atoms. The van der Waals surface area contributed by atoms with Crippen LogP contribution in [0.4, 0.5) is 0 Å². The van der Waals surface area contributed by atoms with Crippen LogP contribution in [0.15, 0.2) is 0 Å². The van der Waals surface area contributed by atoms with E-state index in [9.17, 15) is 5.11 Å². The molecule has 3 nitrogen and oxygen atoms in total. The molecule has 0 aromatic heterocycles. The first-order valence-electron chi connectivity index (χ1n) is 7.08. The molecule has 3 N–H and O–H groups in total. The normalized spacial score (nSPS) is 20.8. The number of aliphatic hydroxyl groups is 1. The first-order chi connectivity index (χ1) is 7.97. The summed E-state index contributed by atoms with van der Waals surface area (Å²) in [6.45, 7) is 8.58. The van der Waals surface area contributed by atoms with Crippen molar-refractivity contribution in [2.75, 3.05) is 19.7 Å². The van der Waals surface area contributed by atoms with Crippen molar-refractivity contribution in [3.63, 3.8) is 0 Å². The molecular formula is C14H30N2O. The van der Waals surface area contributed by atoms with Crippen LogP contribution < -0.4 is 5.73 Å². The van der Waals surface area contributed by atoms with Crippen molar-refractivity contribution in [3.05, 3.63) is 0 Å². The Kier molecular flexibility index (Phi) is 5.90.